The Labute approximate surface area is 132 Å². The summed E-state index contributed by atoms with van der Waals surface area (Å²) in [5.74, 6) is -1.72. The molecule has 0 amide bonds. The third-order valence-corrected chi connectivity index (χ3v) is 3.70. The smallest absolute Gasteiger partial charge is 0.330 e. The topological polar surface area (TPSA) is 49.3 Å². The minimum atomic E-state index is -1.15. The van der Waals surface area contributed by atoms with Gasteiger partial charge in [0.05, 0.1) is 0 Å². The van der Waals surface area contributed by atoms with E-state index in [4.69, 9.17) is 0 Å². The van der Waals surface area contributed by atoms with Gasteiger partial charge in [0.25, 0.3) is 0 Å². The third kappa shape index (κ3) is 3.58. The van der Waals surface area contributed by atoms with Crippen LogP contribution in [0.25, 0.3) is 0 Å². The first kappa shape index (κ1) is 15.0. The number of benzene rings is 2. The Morgan fingerprint density at radius 1 is 1.10 bits per heavy atom. The number of nitrogens with one attached hydrogen (secondary N) is 1. The Morgan fingerprint density at radius 2 is 1.70 bits per heavy atom. The highest BCUT2D eigenvalue weighted by molar-refractivity contribution is 9.10. The molecule has 0 aliphatic carbocycles. The molecule has 0 fully saturated rings. The van der Waals surface area contributed by atoms with E-state index in [9.17, 15) is 14.3 Å². The first-order valence-corrected chi connectivity index (χ1v) is 7.26. The molecule has 0 aliphatic heterocycles. The number of rotatable bonds is 4. The van der Waals surface area contributed by atoms with Crippen LogP contribution in [0.1, 0.15) is 11.6 Å². The molecular weight excluding hydrogens is 393 g/mol. The van der Waals surface area contributed by atoms with E-state index in [1.54, 1.807) is 30.3 Å². The molecule has 0 aromatic heterocycles. The van der Waals surface area contributed by atoms with E-state index in [0.717, 1.165) is 4.47 Å². The van der Waals surface area contributed by atoms with Crippen molar-refractivity contribution in [3.8, 4) is 0 Å². The lowest BCUT2D eigenvalue weighted by atomic mass is 10.1. The van der Waals surface area contributed by atoms with Gasteiger partial charge < -0.3 is 10.4 Å². The van der Waals surface area contributed by atoms with Crippen molar-refractivity contribution in [1.82, 2.24) is 0 Å². The summed E-state index contributed by atoms with van der Waals surface area (Å²) in [6.45, 7) is 0. The quantitative estimate of drug-likeness (QED) is 0.786. The van der Waals surface area contributed by atoms with Crippen LogP contribution in [0.2, 0.25) is 0 Å². The average molecular weight is 403 g/mol. The number of halogens is 3. The largest absolute Gasteiger partial charge is 0.479 e. The van der Waals surface area contributed by atoms with E-state index in [0.29, 0.717) is 10.2 Å². The molecule has 3 nitrogen and oxygen atoms in total. The van der Waals surface area contributed by atoms with Crippen LogP contribution in [0.4, 0.5) is 10.1 Å². The standard InChI is InChI=1S/C14H10Br2FNO2/c15-8-1-4-10(5-2-8)18-13(14(19)20)11-6-3-9(16)7-12(11)17/h1-7,13,18H,(H,19,20). The van der Waals surface area contributed by atoms with E-state index in [1.807, 2.05) is 0 Å². The molecule has 1 atom stereocenters. The van der Waals surface area contributed by atoms with Gasteiger partial charge in [0.2, 0.25) is 0 Å². The summed E-state index contributed by atoms with van der Waals surface area (Å²) < 4.78 is 15.3. The molecule has 2 N–H and O–H groups in total. The Hall–Kier alpha value is -1.40. The van der Waals surface area contributed by atoms with Gasteiger partial charge >= 0.3 is 5.97 Å². The zero-order chi connectivity index (χ0) is 14.7. The van der Waals surface area contributed by atoms with Crippen molar-refractivity contribution in [2.24, 2.45) is 0 Å². The van der Waals surface area contributed by atoms with Crippen molar-refractivity contribution in [3.05, 3.63) is 62.8 Å². The van der Waals surface area contributed by atoms with E-state index in [2.05, 4.69) is 37.2 Å². The second kappa shape index (κ2) is 6.37. The van der Waals surface area contributed by atoms with Crippen LogP contribution < -0.4 is 5.32 Å². The lowest BCUT2D eigenvalue weighted by Gasteiger charge is -2.17. The molecule has 0 aliphatic rings. The predicted octanol–water partition coefficient (Wildman–Crippen LogP) is 4.59. The van der Waals surface area contributed by atoms with Crippen LogP contribution in [0.15, 0.2) is 51.4 Å². The first-order chi connectivity index (χ1) is 9.47. The summed E-state index contributed by atoms with van der Waals surface area (Å²) in [4.78, 5) is 11.4. The Balaban J connectivity index is 2.31. The Morgan fingerprint density at radius 3 is 2.25 bits per heavy atom. The van der Waals surface area contributed by atoms with Gasteiger partial charge in [-0.3, -0.25) is 0 Å². The number of carbonyl (C=O) groups is 1. The Bertz CT molecular complexity index is 632. The van der Waals surface area contributed by atoms with Crippen molar-refractivity contribution in [2.75, 3.05) is 5.32 Å². The van der Waals surface area contributed by atoms with Crippen molar-refractivity contribution >= 4 is 43.5 Å². The van der Waals surface area contributed by atoms with Crippen LogP contribution in [0.3, 0.4) is 0 Å². The van der Waals surface area contributed by atoms with Crippen molar-refractivity contribution in [3.63, 3.8) is 0 Å². The summed E-state index contributed by atoms with van der Waals surface area (Å²) in [5.41, 5.74) is 0.687. The average Bonchev–Trinajstić information content (AvgIpc) is 2.39. The minimum absolute atomic E-state index is 0.0867. The van der Waals surface area contributed by atoms with Gasteiger partial charge in [-0.2, -0.15) is 0 Å². The second-order valence-electron chi connectivity index (χ2n) is 4.09. The minimum Gasteiger partial charge on any atom is -0.479 e. The maximum absolute atomic E-state index is 13.9. The monoisotopic (exact) mass is 401 g/mol. The van der Waals surface area contributed by atoms with Crippen LogP contribution in [0.5, 0.6) is 0 Å². The van der Waals surface area contributed by atoms with E-state index < -0.39 is 17.8 Å². The van der Waals surface area contributed by atoms with E-state index in [-0.39, 0.29) is 5.56 Å². The summed E-state index contributed by atoms with van der Waals surface area (Å²) in [6, 6.07) is 10.1. The molecule has 0 heterocycles. The van der Waals surface area contributed by atoms with Gasteiger partial charge in [-0.05, 0) is 36.4 Å². The SMILES string of the molecule is O=C(O)C(Nc1ccc(Br)cc1)c1ccc(Br)cc1F. The van der Waals surface area contributed by atoms with E-state index >= 15 is 0 Å². The van der Waals surface area contributed by atoms with Crippen LogP contribution in [-0.2, 0) is 4.79 Å². The molecule has 104 valence electrons. The van der Waals surface area contributed by atoms with Crippen molar-refractivity contribution < 1.29 is 14.3 Å². The zero-order valence-corrected chi connectivity index (χ0v) is 13.3. The number of hydrogen-bond acceptors (Lipinski definition) is 2. The van der Waals surface area contributed by atoms with Gasteiger partial charge in [0, 0.05) is 20.2 Å². The molecular formula is C14H10Br2FNO2. The molecule has 2 aromatic carbocycles. The highest BCUT2D eigenvalue weighted by atomic mass is 79.9. The van der Waals surface area contributed by atoms with Crippen molar-refractivity contribution in [1.29, 1.82) is 0 Å². The highest BCUT2D eigenvalue weighted by Gasteiger charge is 2.23. The molecule has 2 aromatic rings. The maximum atomic E-state index is 13.9. The molecule has 0 radical (unpaired) electrons. The predicted molar refractivity (Wildman–Crippen MR) is 82.2 cm³/mol. The molecule has 0 saturated heterocycles. The van der Waals surface area contributed by atoms with Crippen LogP contribution in [0, 0.1) is 5.82 Å². The zero-order valence-electron chi connectivity index (χ0n) is 10.1. The van der Waals surface area contributed by atoms with Crippen molar-refractivity contribution in [2.45, 2.75) is 6.04 Å². The third-order valence-electron chi connectivity index (χ3n) is 2.68. The number of aliphatic carboxylic acids is 1. The molecule has 2 rings (SSSR count). The molecule has 0 bridgehead atoms. The number of carboxylic acid groups (broad SMARTS) is 1. The van der Waals surface area contributed by atoms with E-state index in [1.165, 1.54) is 12.1 Å². The van der Waals surface area contributed by atoms with Gasteiger partial charge in [-0.25, -0.2) is 9.18 Å². The number of hydrogen-bond donors (Lipinski definition) is 2. The fraction of sp³-hybridized carbons (Fsp3) is 0.0714. The number of anilines is 1. The van der Waals surface area contributed by atoms with Crippen LogP contribution >= 0.6 is 31.9 Å². The summed E-state index contributed by atoms with van der Waals surface area (Å²) in [6.07, 6.45) is 0. The van der Waals surface area contributed by atoms with Crippen LogP contribution in [-0.4, -0.2) is 11.1 Å². The molecule has 1 unspecified atom stereocenters. The fourth-order valence-electron chi connectivity index (χ4n) is 1.72. The molecule has 6 heteroatoms. The first-order valence-electron chi connectivity index (χ1n) is 5.67. The molecule has 0 spiro atoms. The lowest BCUT2D eigenvalue weighted by Crippen LogP contribution is -2.21. The molecule has 20 heavy (non-hydrogen) atoms. The summed E-state index contributed by atoms with van der Waals surface area (Å²) >= 11 is 6.44. The maximum Gasteiger partial charge on any atom is 0.330 e. The summed E-state index contributed by atoms with van der Waals surface area (Å²) in [7, 11) is 0. The normalized spacial score (nSPS) is 11.9. The van der Waals surface area contributed by atoms with Gasteiger partial charge in [-0.15, -0.1) is 0 Å². The fourth-order valence-corrected chi connectivity index (χ4v) is 2.32. The Kier molecular flexibility index (Phi) is 4.77. The lowest BCUT2D eigenvalue weighted by molar-refractivity contribution is -0.138. The second-order valence-corrected chi connectivity index (χ2v) is 5.92. The van der Waals surface area contributed by atoms with Gasteiger partial charge in [0.1, 0.15) is 5.82 Å². The van der Waals surface area contributed by atoms with Gasteiger partial charge in [0.15, 0.2) is 6.04 Å². The number of carboxylic acids is 1. The van der Waals surface area contributed by atoms with Gasteiger partial charge in [-0.1, -0.05) is 37.9 Å². The molecule has 0 saturated carbocycles. The summed E-state index contributed by atoms with van der Waals surface area (Å²) in [5, 5.41) is 12.1. The highest BCUT2D eigenvalue weighted by Crippen LogP contribution is 2.25.